The Bertz CT molecular complexity index is 733. The first-order valence-corrected chi connectivity index (χ1v) is 6.90. The number of carbonyl (C=O) groups is 1. The molecule has 3 rings (SSSR count). The number of aliphatic hydroxyl groups is 3. The number of hydrogen-bond acceptors (Lipinski definition) is 9. The van der Waals surface area contributed by atoms with E-state index in [1.54, 1.807) is 0 Å². The van der Waals surface area contributed by atoms with Gasteiger partial charge in [-0.2, -0.15) is 0 Å². The lowest BCUT2D eigenvalue weighted by Crippen LogP contribution is -2.48. The van der Waals surface area contributed by atoms with Crippen molar-refractivity contribution < 1.29 is 30.0 Å². The molecule has 0 radical (unpaired) electrons. The Kier molecular flexibility index (Phi) is 3.93. The van der Waals surface area contributed by atoms with Crippen LogP contribution >= 0.6 is 0 Å². The van der Waals surface area contributed by atoms with Crippen LogP contribution in [-0.2, 0) is 9.53 Å². The van der Waals surface area contributed by atoms with Crippen LogP contribution in [-0.4, -0.2) is 79.0 Å². The largest absolute Gasteiger partial charge is 0.480 e. The molecule has 11 nitrogen and oxygen atoms in total. The van der Waals surface area contributed by atoms with Gasteiger partial charge in [0.2, 0.25) is 0 Å². The van der Waals surface area contributed by atoms with Crippen molar-refractivity contribution in [3.8, 4) is 0 Å². The molecule has 3 heterocycles. The molecule has 0 bridgehead atoms. The monoisotopic (exact) mass is 327 g/mol. The van der Waals surface area contributed by atoms with Crippen LogP contribution < -0.4 is 16.6 Å². The van der Waals surface area contributed by atoms with Crippen molar-refractivity contribution in [1.29, 1.82) is 0 Å². The van der Waals surface area contributed by atoms with Crippen LogP contribution in [0, 0.1) is 0 Å². The minimum Gasteiger partial charge on any atom is -0.480 e. The summed E-state index contributed by atoms with van der Waals surface area (Å²) in [6, 6.07) is 0. The van der Waals surface area contributed by atoms with Crippen LogP contribution in [0.1, 0.15) is 6.23 Å². The summed E-state index contributed by atoms with van der Waals surface area (Å²) in [5, 5.41) is 38.1. The number of aromatic nitrogens is 2. The number of rotatable bonds is 4. The van der Waals surface area contributed by atoms with Crippen molar-refractivity contribution in [2.75, 3.05) is 19.8 Å². The molecule has 1 fully saturated rings. The molecule has 0 amide bonds. The number of aliphatic carboxylic acids is 1. The summed E-state index contributed by atoms with van der Waals surface area (Å²) >= 11 is 0. The van der Waals surface area contributed by atoms with E-state index in [-0.39, 0.29) is 24.4 Å². The summed E-state index contributed by atoms with van der Waals surface area (Å²) in [4.78, 5) is 20.5. The molecule has 1 aromatic heterocycles. The SMILES string of the molecule is NC1=c2ncn([C@@H]3O[C@H](CO)[C@@H](O)[C@H]3O)c2=NCN1CC(=O)O. The van der Waals surface area contributed by atoms with Crippen molar-refractivity contribution in [3.63, 3.8) is 0 Å². The topological polar surface area (TPSA) is 167 Å². The van der Waals surface area contributed by atoms with Gasteiger partial charge >= 0.3 is 5.97 Å². The normalized spacial score (nSPS) is 30.2. The van der Waals surface area contributed by atoms with Crippen LogP contribution in [0.3, 0.4) is 0 Å². The van der Waals surface area contributed by atoms with Crippen molar-refractivity contribution in [3.05, 3.63) is 17.2 Å². The Hall–Kier alpha value is -2.21. The number of ether oxygens (including phenoxy) is 1. The molecular weight excluding hydrogens is 310 g/mol. The summed E-state index contributed by atoms with van der Waals surface area (Å²) in [7, 11) is 0. The molecule has 2 aliphatic rings. The van der Waals surface area contributed by atoms with Gasteiger partial charge in [0.1, 0.15) is 42.7 Å². The van der Waals surface area contributed by atoms with E-state index >= 15 is 0 Å². The molecule has 23 heavy (non-hydrogen) atoms. The van der Waals surface area contributed by atoms with Gasteiger partial charge < -0.3 is 35.8 Å². The number of aliphatic hydroxyl groups excluding tert-OH is 3. The second-order valence-corrected chi connectivity index (χ2v) is 5.33. The predicted octanol–water partition coefficient (Wildman–Crippen LogP) is -4.50. The Morgan fingerprint density at radius 3 is 2.78 bits per heavy atom. The third-order valence-corrected chi connectivity index (χ3v) is 3.86. The van der Waals surface area contributed by atoms with Gasteiger partial charge in [-0.25, -0.2) is 9.98 Å². The lowest BCUT2D eigenvalue weighted by atomic mass is 10.1. The summed E-state index contributed by atoms with van der Waals surface area (Å²) < 4.78 is 6.83. The minimum absolute atomic E-state index is 0.0195. The maximum Gasteiger partial charge on any atom is 0.323 e. The van der Waals surface area contributed by atoms with Crippen LogP contribution in [0.5, 0.6) is 0 Å². The molecule has 0 aliphatic carbocycles. The van der Waals surface area contributed by atoms with Gasteiger partial charge in [-0.1, -0.05) is 0 Å². The van der Waals surface area contributed by atoms with E-state index in [1.807, 2.05) is 0 Å². The third kappa shape index (κ3) is 2.53. The smallest absolute Gasteiger partial charge is 0.323 e. The quantitative estimate of drug-likeness (QED) is 0.366. The molecule has 126 valence electrons. The first-order chi connectivity index (χ1) is 10.9. The second kappa shape index (κ2) is 5.77. The van der Waals surface area contributed by atoms with Gasteiger partial charge in [-0.3, -0.25) is 9.36 Å². The van der Waals surface area contributed by atoms with E-state index in [9.17, 15) is 15.0 Å². The highest BCUT2D eigenvalue weighted by atomic mass is 16.6. The fourth-order valence-corrected chi connectivity index (χ4v) is 2.66. The number of nitrogens with two attached hydrogens (primary N) is 1. The molecule has 0 spiro atoms. The molecule has 11 heteroatoms. The Labute approximate surface area is 129 Å². The fourth-order valence-electron chi connectivity index (χ4n) is 2.66. The summed E-state index contributed by atoms with van der Waals surface area (Å²) in [5.41, 5.74) is 6.24. The van der Waals surface area contributed by atoms with Crippen LogP contribution in [0.4, 0.5) is 0 Å². The maximum atomic E-state index is 10.8. The predicted molar refractivity (Wildman–Crippen MR) is 72.8 cm³/mol. The zero-order valence-electron chi connectivity index (χ0n) is 12.0. The van der Waals surface area contributed by atoms with Gasteiger partial charge in [0.25, 0.3) is 0 Å². The zero-order valence-corrected chi connectivity index (χ0v) is 12.0. The molecule has 0 aromatic carbocycles. The van der Waals surface area contributed by atoms with Crippen LogP contribution in [0.15, 0.2) is 11.3 Å². The Morgan fingerprint density at radius 2 is 2.17 bits per heavy atom. The number of hydrogen-bond donors (Lipinski definition) is 5. The summed E-state index contributed by atoms with van der Waals surface area (Å²) in [5.74, 6) is -0.891. The number of imidazole rings is 1. The van der Waals surface area contributed by atoms with E-state index < -0.39 is 37.1 Å². The molecule has 2 aliphatic heterocycles. The number of carboxylic acid groups (broad SMARTS) is 1. The van der Waals surface area contributed by atoms with E-state index in [0.29, 0.717) is 5.49 Å². The highest BCUT2D eigenvalue weighted by Crippen LogP contribution is 2.27. The van der Waals surface area contributed by atoms with E-state index in [1.165, 1.54) is 15.8 Å². The molecule has 0 unspecified atom stereocenters. The van der Waals surface area contributed by atoms with Crippen molar-refractivity contribution in [2.45, 2.75) is 24.5 Å². The summed E-state index contributed by atoms with van der Waals surface area (Å²) in [6.07, 6.45) is -3.05. The lowest BCUT2D eigenvalue weighted by Gasteiger charge is -2.23. The minimum atomic E-state index is -1.26. The van der Waals surface area contributed by atoms with Gasteiger partial charge in [-0.05, 0) is 0 Å². The molecule has 6 N–H and O–H groups in total. The highest BCUT2D eigenvalue weighted by Gasteiger charge is 2.43. The van der Waals surface area contributed by atoms with Crippen molar-refractivity contribution in [1.82, 2.24) is 14.5 Å². The van der Waals surface area contributed by atoms with E-state index in [0.717, 1.165) is 0 Å². The van der Waals surface area contributed by atoms with E-state index in [4.69, 9.17) is 20.7 Å². The Morgan fingerprint density at radius 1 is 1.43 bits per heavy atom. The fraction of sp³-hybridized carbons (Fsp3) is 0.583. The second-order valence-electron chi connectivity index (χ2n) is 5.33. The molecular formula is C12H17N5O6. The van der Waals surface area contributed by atoms with Gasteiger partial charge in [-0.15, -0.1) is 0 Å². The highest BCUT2D eigenvalue weighted by molar-refractivity contribution is 5.70. The number of nitrogens with zero attached hydrogens (tertiary/aromatic N) is 4. The Balaban J connectivity index is 1.98. The lowest BCUT2D eigenvalue weighted by molar-refractivity contribution is -0.137. The zero-order chi connectivity index (χ0) is 16.7. The van der Waals surface area contributed by atoms with E-state index in [2.05, 4.69) is 9.98 Å². The van der Waals surface area contributed by atoms with Crippen molar-refractivity contribution in [2.24, 2.45) is 10.7 Å². The average molecular weight is 327 g/mol. The van der Waals surface area contributed by atoms with Gasteiger partial charge in [0, 0.05) is 0 Å². The maximum absolute atomic E-state index is 10.8. The van der Waals surface area contributed by atoms with Crippen LogP contribution in [0.2, 0.25) is 0 Å². The van der Waals surface area contributed by atoms with Gasteiger partial charge in [0.15, 0.2) is 11.7 Å². The molecule has 4 atom stereocenters. The molecule has 0 saturated carbocycles. The number of carboxylic acids is 1. The van der Waals surface area contributed by atoms with Crippen LogP contribution in [0.25, 0.3) is 5.82 Å². The standard InChI is InChI=1S/C12H17N5O6/c13-10-7-11(15-3-16(10)1-6(19)20)17(4-14-7)12-9(22)8(21)5(2-18)23-12/h4-5,8-9,12,18,21-22H,1-3,13H2,(H,19,20)/t5-,8-,9-,12-/m1/s1. The average Bonchev–Trinajstić information content (AvgIpc) is 3.05. The number of fused-ring (bicyclic) bond motifs is 1. The third-order valence-electron chi connectivity index (χ3n) is 3.86. The molecule has 1 aromatic rings. The van der Waals surface area contributed by atoms with Crippen molar-refractivity contribution >= 4 is 11.8 Å². The summed E-state index contributed by atoms with van der Waals surface area (Å²) in [6.45, 7) is -0.732. The first-order valence-electron chi connectivity index (χ1n) is 6.90. The first kappa shape index (κ1) is 15.7. The van der Waals surface area contributed by atoms with Gasteiger partial charge in [0.05, 0.1) is 12.9 Å². The molecule has 1 saturated heterocycles.